The number of aliphatic hydroxyl groups is 1. The number of hydrogen-bond donors (Lipinski definition) is 2. The Kier molecular flexibility index (Phi) is 6.58. The SMILES string of the molecule is COC(=O)C(CC(C)C)NC(=O)CC(O)(c1nccn1C)C(F)(F)F. The lowest BCUT2D eigenvalue weighted by Crippen LogP contribution is -2.50. The predicted molar refractivity (Wildman–Crippen MR) is 81.2 cm³/mol. The van der Waals surface area contributed by atoms with Crippen molar-refractivity contribution in [3.05, 3.63) is 18.2 Å². The minimum absolute atomic E-state index is 0.0135. The molecule has 2 N–H and O–H groups in total. The second kappa shape index (κ2) is 7.85. The van der Waals surface area contributed by atoms with Crippen LogP contribution in [0.4, 0.5) is 13.2 Å². The first-order chi connectivity index (χ1) is 11.4. The molecule has 0 fully saturated rings. The Bertz CT molecular complexity index is 615. The van der Waals surface area contributed by atoms with Gasteiger partial charge in [0.15, 0.2) is 5.82 Å². The fourth-order valence-electron chi connectivity index (χ4n) is 2.38. The van der Waals surface area contributed by atoms with Crippen molar-refractivity contribution in [2.75, 3.05) is 7.11 Å². The van der Waals surface area contributed by atoms with E-state index < -0.39 is 41.9 Å². The molecule has 7 nitrogen and oxygen atoms in total. The second-order valence-corrected chi connectivity index (χ2v) is 6.17. The molecule has 0 spiro atoms. The number of alkyl halides is 3. The largest absolute Gasteiger partial charge is 0.467 e. The molecule has 0 saturated heterocycles. The molecule has 1 rings (SSSR count). The Hall–Kier alpha value is -2.10. The van der Waals surface area contributed by atoms with Crippen LogP contribution in [0.25, 0.3) is 0 Å². The second-order valence-electron chi connectivity index (χ2n) is 6.17. The summed E-state index contributed by atoms with van der Waals surface area (Å²) in [4.78, 5) is 27.3. The summed E-state index contributed by atoms with van der Waals surface area (Å²) in [7, 11) is 2.38. The highest BCUT2D eigenvalue weighted by atomic mass is 19.4. The van der Waals surface area contributed by atoms with Crippen molar-refractivity contribution < 1.29 is 32.6 Å². The summed E-state index contributed by atoms with van der Waals surface area (Å²) in [6, 6.07) is -1.10. The first kappa shape index (κ1) is 20.9. The zero-order valence-electron chi connectivity index (χ0n) is 14.4. The number of halogens is 3. The molecular weight excluding hydrogens is 343 g/mol. The number of nitrogens with zero attached hydrogens (tertiary/aromatic N) is 2. The van der Waals surface area contributed by atoms with Crippen LogP contribution in [-0.4, -0.2) is 45.9 Å². The summed E-state index contributed by atoms with van der Waals surface area (Å²) in [6.45, 7) is 3.56. The third-order valence-corrected chi connectivity index (χ3v) is 3.60. The lowest BCUT2D eigenvalue weighted by Gasteiger charge is -2.30. The van der Waals surface area contributed by atoms with E-state index in [4.69, 9.17) is 0 Å². The number of methoxy groups -OCH3 is 1. The van der Waals surface area contributed by atoms with Gasteiger partial charge in [-0.1, -0.05) is 13.8 Å². The van der Waals surface area contributed by atoms with Gasteiger partial charge in [0.2, 0.25) is 11.5 Å². The van der Waals surface area contributed by atoms with Crippen molar-refractivity contribution in [2.24, 2.45) is 13.0 Å². The molecule has 0 aliphatic heterocycles. The molecule has 1 aromatic heterocycles. The van der Waals surface area contributed by atoms with Crippen LogP contribution in [0.2, 0.25) is 0 Å². The number of ether oxygens (including phenoxy) is 1. The van der Waals surface area contributed by atoms with Crippen LogP contribution in [0.5, 0.6) is 0 Å². The summed E-state index contributed by atoms with van der Waals surface area (Å²) in [6.07, 6.45) is -3.97. The van der Waals surface area contributed by atoms with Crippen LogP contribution < -0.4 is 5.32 Å². The number of amides is 1. The first-order valence-corrected chi connectivity index (χ1v) is 7.56. The van der Waals surface area contributed by atoms with Crippen molar-refractivity contribution in [1.82, 2.24) is 14.9 Å². The molecule has 0 radical (unpaired) electrons. The van der Waals surface area contributed by atoms with Gasteiger partial charge in [-0.15, -0.1) is 0 Å². The number of esters is 1. The molecular formula is C15H22F3N3O4. The van der Waals surface area contributed by atoms with Crippen molar-refractivity contribution >= 4 is 11.9 Å². The van der Waals surface area contributed by atoms with E-state index in [0.717, 1.165) is 17.9 Å². The highest BCUT2D eigenvalue weighted by molar-refractivity contribution is 5.85. The van der Waals surface area contributed by atoms with Crippen LogP contribution in [-0.2, 0) is 27.0 Å². The van der Waals surface area contributed by atoms with E-state index in [1.807, 2.05) is 0 Å². The Morgan fingerprint density at radius 2 is 2.00 bits per heavy atom. The first-order valence-electron chi connectivity index (χ1n) is 7.56. The van der Waals surface area contributed by atoms with Crippen LogP contribution in [0, 0.1) is 5.92 Å². The lowest BCUT2D eigenvalue weighted by molar-refractivity contribution is -0.271. The molecule has 0 aromatic carbocycles. The van der Waals surface area contributed by atoms with Gasteiger partial charge in [-0.25, -0.2) is 9.78 Å². The zero-order chi connectivity index (χ0) is 19.4. The van der Waals surface area contributed by atoms with Gasteiger partial charge < -0.3 is 19.7 Å². The van der Waals surface area contributed by atoms with E-state index in [2.05, 4.69) is 15.0 Å². The number of carbonyl (C=O) groups is 2. The fourth-order valence-corrected chi connectivity index (χ4v) is 2.38. The highest BCUT2D eigenvalue weighted by Crippen LogP contribution is 2.40. The molecule has 2 unspecified atom stereocenters. The van der Waals surface area contributed by atoms with Crippen LogP contribution in [0.3, 0.4) is 0 Å². The number of nitrogens with one attached hydrogen (secondary N) is 1. The molecule has 0 bridgehead atoms. The third kappa shape index (κ3) is 4.94. The van der Waals surface area contributed by atoms with E-state index >= 15 is 0 Å². The molecule has 25 heavy (non-hydrogen) atoms. The minimum atomic E-state index is -5.14. The summed E-state index contributed by atoms with van der Waals surface area (Å²) in [5.74, 6) is -2.64. The van der Waals surface area contributed by atoms with E-state index in [9.17, 15) is 27.9 Å². The Balaban J connectivity index is 3.03. The minimum Gasteiger partial charge on any atom is -0.467 e. The average Bonchev–Trinajstić information content (AvgIpc) is 2.90. The molecule has 0 aliphatic carbocycles. The van der Waals surface area contributed by atoms with Gasteiger partial charge in [0, 0.05) is 19.4 Å². The topological polar surface area (TPSA) is 93.4 Å². The molecule has 10 heteroatoms. The lowest BCUT2D eigenvalue weighted by atomic mass is 9.96. The Morgan fingerprint density at radius 3 is 2.40 bits per heavy atom. The number of aryl methyl sites for hydroxylation is 1. The number of rotatable bonds is 7. The van der Waals surface area contributed by atoms with Crippen molar-refractivity contribution in [1.29, 1.82) is 0 Å². The van der Waals surface area contributed by atoms with Crippen LogP contribution in [0.15, 0.2) is 12.4 Å². The van der Waals surface area contributed by atoms with Gasteiger partial charge in [-0.2, -0.15) is 13.2 Å². The number of carbonyl (C=O) groups excluding carboxylic acids is 2. The summed E-state index contributed by atoms with van der Waals surface area (Å²) in [5.41, 5.74) is -3.48. The Labute approximate surface area is 143 Å². The normalized spacial score (nSPS) is 15.6. The summed E-state index contributed by atoms with van der Waals surface area (Å²) in [5, 5.41) is 12.4. The standard InChI is InChI=1S/C15H22F3N3O4/c1-9(2)7-10(12(23)25-4)20-11(22)8-14(24,15(16,17)18)13-19-5-6-21(13)3/h5-6,9-10,24H,7-8H2,1-4H3,(H,20,22). The Morgan fingerprint density at radius 1 is 1.40 bits per heavy atom. The smallest absolute Gasteiger partial charge is 0.425 e. The molecule has 1 heterocycles. The van der Waals surface area contributed by atoms with Crippen molar-refractivity contribution in [3.63, 3.8) is 0 Å². The van der Waals surface area contributed by atoms with E-state index in [1.165, 1.54) is 13.2 Å². The molecule has 0 saturated carbocycles. The average molecular weight is 365 g/mol. The monoisotopic (exact) mass is 365 g/mol. The van der Waals surface area contributed by atoms with Gasteiger partial charge in [0.05, 0.1) is 13.5 Å². The van der Waals surface area contributed by atoms with E-state index in [0.29, 0.717) is 0 Å². The highest BCUT2D eigenvalue weighted by Gasteiger charge is 2.58. The van der Waals surface area contributed by atoms with Gasteiger partial charge in [0.1, 0.15) is 6.04 Å². The van der Waals surface area contributed by atoms with Gasteiger partial charge >= 0.3 is 12.1 Å². The number of hydrogen-bond acceptors (Lipinski definition) is 5. The van der Waals surface area contributed by atoms with Crippen molar-refractivity contribution in [2.45, 2.75) is 44.5 Å². The van der Waals surface area contributed by atoms with Gasteiger partial charge in [-0.05, 0) is 12.3 Å². The molecule has 0 aliphatic rings. The van der Waals surface area contributed by atoms with E-state index in [-0.39, 0.29) is 12.3 Å². The molecule has 2 atom stereocenters. The molecule has 1 amide bonds. The van der Waals surface area contributed by atoms with Crippen LogP contribution >= 0.6 is 0 Å². The third-order valence-electron chi connectivity index (χ3n) is 3.60. The maximum atomic E-state index is 13.4. The number of aromatic nitrogens is 2. The van der Waals surface area contributed by atoms with Gasteiger partial charge in [0.25, 0.3) is 0 Å². The molecule has 1 aromatic rings. The maximum Gasteiger partial charge on any atom is 0.425 e. The summed E-state index contributed by atoms with van der Waals surface area (Å²) >= 11 is 0. The van der Waals surface area contributed by atoms with Gasteiger partial charge in [-0.3, -0.25) is 4.79 Å². The fraction of sp³-hybridized carbons (Fsp3) is 0.667. The summed E-state index contributed by atoms with van der Waals surface area (Å²) < 4.78 is 45.7. The van der Waals surface area contributed by atoms with Crippen molar-refractivity contribution in [3.8, 4) is 0 Å². The maximum absolute atomic E-state index is 13.4. The zero-order valence-corrected chi connectivity index (χ0v) is 14.4. The van der Waals surface area contributed by atoms with Crippen LogP contribution in [0.1, 0.15) is 32.5 Å². The number of imidazole rings is 1. The predicted octanol–water partition coefficient (Wildman–Crippen LogP) is 1.26. The van der Waals surface area contributed by atoms with E-state index in [1.54, 1.807) is 13.8 Å². The quantitative estimate of drug-likeness (QED) is 0.710. The molecule has 142 valence electrons.